The molecule has 0 radical (unpaired) electrons. The molecule has 2 aliphatic rings. The second kappa shape index (κ2) is 13.6. The van der Waals surface area contributed by atoms with Crippen molar-refractivity contribution in [3.63, 3.8) is 0 Å². The maximum absolute atomic E-state index is 6.10. The van der Waals surface area contributed by atoms with Crippen LogP contribution in [-0.2, 0) is 17.7 Å². The van der Waals surface area contributed by atoms with Gasteiger partial charge in [0.25, 0.3) is 0 Å². The molecule has 222 valence electrons. The highest BCUT2D eigenvalue weighted by Crippen LogP contribution is 2.42. The molecule has 1 aromatic heterocycles. The summed E-state index contributed by atoms with van der Waals surface area (Å²) in [6, 6.07) is 22.8. The molecule has 6 rings (SSSR count). The number of hydrogen-bond donors (Lipinski definition) is 0. The lowest BCUT2D eigenvalue weighted by Gasteiger charge is -2.24. The number of thiophene rings is 1. The predicted octanol–water partition coefficient (Wildman–Crippen LogP) is 7.56. The number of benzene rings is 3. The Labute approximate surface area is 255 Å². The molecule has 0 amide bonds. The number of nitrogens with zero attached hydrogens (tertiary/aromatic N) is 2. The summed E-state index contributed by atoms with van der Waals surface area (Å²) >= 11 is 1.85. The summed E-state index contributed by atoms with van der Waals surface area (Å²) in [5.41, 5.74) is 6.76. The lowest BCUT2D eigenvalue weighted by molar-refractivity contribution is 0.112. The molecule has 4 aromatic rings. The highest BCUT2D eigenvalue weighted by molar-refractivity contribution is 7.22. The molecule has 3 heterocycles. The van der Waals surface area contributed by atoms with E-state index in [0.717, 1.165) is 50.8 Å². The molecule has 0 saturated carbocycles. The Morgan fingerprint density at radius 1 is 0.881 bits per heavy atom. The third-order valence-electron chi connectivity index (χ3n) is 9.01. The summed E-state index contributed by atoms with van der Waals surface area (Å²) < 4.78 is 18.4. The fourth-order valence-electron chi connectivity index (χ4n) is 6.62. The maximum Gasteiger partial charge on any atom is 0.120 e. The molecule has 2 aliphatic heterocycles. The summed E-state index contributed by atoms with van der Waals surface area (Å²) in [6.07, 6.45) is 6.02. The van der Waals surface area contributed by atoms with Crippen LogP contribution in [0.1, 0.15) is 47.9 Å². The van der Waals surface area contributed by atoms with Crippen LogP contribution in [0.5, 0.6) is 11.5 Å². The minimum atomic E-state index is 0.535. The van der Waals surface area contributed by atoms with E-state index in [0.29, 0.717) is 6.04 Å². The van der Waals surface area contributed by atoms with E-state index < -0.39 is 0 Å². The lowest BCUT2D eigenvalue weighted by atomic mass is 9.96. The normalized spacial score (nSPS) is 17.8. The number of fused-ring (bicyclic) bond motifs is 1. The van der Waals surface area contributed by atoms with Crippen molar-refractivity contribution in [1.29, 1.82) is 0 Å². The molecular formula is C36H44N2O3S. The Balaban J connectivity index is 1.22. The summed E-state index contributed by atoms with van der Waals surface area (Å²) in [5, 5.41) is 1.31. The van der Waals surface area contributed by atoms with Gasteiger partial charge in [0.2, 0.25) is 0 Å². The third-order valence-corrected chi connectivity index (χ3v) is 10.3. The Hall–Kier alpha value is -2.90. The van der Waals surface area contributed by atoms with Crippen molar-refractivity contribution < 1.29 is 14.2 Å². The molecule has 2 fully saturated rings. The zero-order valence-corrected chi connectivity index (χ0v) is 26.2. The first kappa shape index (κ1) is 29.2. The lowest BCUT2D eigenvalue weighted by Crippen LogP contribution is -2.32. The van der Waals surface area contributed by atoms with E-state index in [1.165, 1.54) is 81.6 Å². The third kappa shape index (κ3) is 6.68. The van der Waals surface area contributed by atoms with E-state index in [4.69, 9.17) is 14.2 Å². The fraction of sp³-hybridized carbons (Fsp3) is 0.444. The average Bonchev–Trinajstić information content (AvgIpc) is 3.76. The summed E-state index contributed by atoms with van der Waals surface area (Å²) in [6.45, 7) is 9.40. The van der Waals surface area contributed by atoms with E-state index in [1.807, 2.05) is 18.4 Å². The predicted molar refractivity (Wildman–Crippen MR) is 174 cm³/mol. The number of ether oxygens (including phenoxy) is 3. The molecular weight excluding hydrogens is 540 g/mol. The molecule has 2 saturated heterocycles. The standard InChI is InChI=1S/C36H44N2O3S/c1-26-21-27(8-9-29(26)24-38-18-6-7-30(38)25-39-2)22-34-33-15-14-32(40-3)23-35(33)42-36(34)28-10-12-31(13-11-28)41-20-19-37-16-4-5-17-37/h8-15,21,23,30H,4-7,16-20,22,24-25H2,1-3H3. The van der Waals surface area contributed by atoms with Gasteiger partial charge in [-0.2, -0.15) is 0 Å². The number of methoxy groups -OCH3 is 2. The minimum Gasteiger partial charge on any atom is -0.497 e. The van der Waals surface area contributed by atoms with Crippen molar-refractivity contribution in [2.75, 3.05) is 53.6 Å². The van der Waals surface area contributed by atoms with E-state index in [1.54, 1.807) is 7.11 Å². The van der Waals surface area contributed by atoms with Crippen LogP contribution < -0.4 is 9.47 Å². The molecule has 1 unspecified atom stereocenters. The van der Waals surface area contributed by atoms with Crippen molar-refractivity contribution >= 4 is 21.4 Å². The van der Waals surface area contributed by atoms with Crippen molar-refractivity contribution in [1.82, 2.24) is 9.80 Å². The Morgan fingerprint density at radius 2 is 1.69 bits per heavy atom. The average molecular weight is 585 g/mol. The van der Waals surface area contributed by atoms with E-state index >= 15 is 0 Å². The van der Waals surface area contributed by atoms with Gasteiger partial charge in [0.1, 0.15) is 18.1 Å². The largest absolute Gasteiger partial charge is 0.497 e. The molecule has 42 heavy (non-hydrogen) atoms. The van der Waals surface area contributed by atoms with E-state index in [2.05, 4.69) is 77.4 Å². The second-order valence-electron chi connectivity index (χ2n) is 11.9. The fourth-order valence-corrected chi connectivity index (χ4v) is 7.88. The van der Waals surface area contributed by atoms with Crippen LogP contribution >= 0.6 is 11.3 Å². The van der Waals surface area contributed by atoms with Crippen molar-refractivity contribution in [3.8, 4) is 21.9 Å². The topological polar surface area (TPSA) is 34.2 Å². The van der Waals surface area contributed by atoms with E-state index in [-0.39, 0.29) is 0 Å². The van der Waals surface area contributed by atoms with Gasteiger partial charge in [-0.1, -0.05) is 18.2 Å². The van der Waals surface area contributed by atoms with E-state index in [9.17, 15) is 0 Å². The first-order valence-corrected chi connectivity index (χ1v) is 16.3. The number of hydrogen-bond acceptors (Lipinski definition) is 6. The molecule has 0 aliphatic carbocycles. The van der Waals surface area contributed by atoms with Crippen LogP contribution in [0.3, 0.4) is 0 Å². The Morgan fingerprint density at radius 3 is 2.45 bits per heavy atom. The summed E-state index contributed by atoms with van der Waals surface area (Å²) in [4.78, 5) is 6.40. The van der Waals surface area contributed by atoms with Gasteiger partial charge in [0.15, 0.2) is 0 Å². The highest BCUT2D eigenvalue weighted by atomic mass is 32.1. The first-order valence-electron chi connectivity index (χ1n) is 15.5. The smallest absolute Gasteiger partial charge is 0.120 e. The molecule has 3 aromatic carbocycles. The van der Waals surface area contributed by atoms with Gasteiger partial charge in [0.05, 0.1) is 13.7 Å². The van der Waals surface area contributed by atoms with Crippen LogP contribution in [0.2, 0.25) is 0 Å². The highest BCUT2D eigenvalue weighted by Gasteiger charge is 2.25. The zero-order valence-electron chi connectivity index (χ0n) is 25.4. The molecule has 1 atom stereocenters. The summed E-state index contributed by atoms with van der Waals surface area (Å²) in [5.74, 6) is 1.84. The maximum atomic E-state index is 6.10. The molecule has 0 bridgehead atoms. The minimum absolute atomic E-state index is 0.535. The quantitative estimate of drug-likeness (QED) is 0.172. The second-order valence-corrected chi connectivity index (χ2v) is 12.9. The van der Waals surface area contributed by atoms with Crippen molar-refractivity contribution in [2.24, 2.45) is 0 Å². The molecule has 0 spiro atoms. The monoisotopic (exact) mass is 584 g/mol. The Kier molecular flexibility index (Phi) is 9.45. The SMILES string of the molecule is COCC1CCCN1Cc1ccc(Cc2c(-c3ccc(OCCN4CCCC4)cc3)sc3cc(OC)ccc23)cc1C. The molecule has 0 N–H and O–H groups in total. The van der Waals surface area contributed by atoms with Crippen LogP contribution in [0.4, 0.5) is 0 Å². The van der Waals surface area contributed by atoms with Gasteiger partial charge in [-0.05, 0) is 134 Å². The number of aryl methyl sites for hydroxylation is 1. The van der Waals surface area contributed by atoms with Crippen LogP contribution in [-0.4, -0.2) is 69.5 Å². The number of likely N-dealkylation sites (tertiary alicyclic amines) is 2. The van der Waals surface area contributed by atoms with Gasteiger partial charge in [-0.25, -0.2) is 0 Å². The molecule has 5 nitrogen and oxygen atoms in total. The van der Waals surface area contributed by atoms with Gasteiger partial charge in [0, 0.05) is 35.8 Å². The first-order chi connectivity index (χ1) is 20.6. The summed E-state index contributed by atoms with van der Waals surface area (Å²) in [7, 11) is 3.55. The van der Waals surface area contributed by atoms with Crippen LogP contribution in [0.15, 0.2) is 60.7 Å². The van der Waals surface area contributed by atoms with Crippen molar-refractivity contribution in [3.05, 3.63) is 82.9 Å². The van der Waals surface area contributed by atoms with Gasteiger partial charge < -0.3 is 14.2 Å². The van der Waals surface area contributed by atoms with Crippen LogP contribution in [0.25, 0.3) is 20.5 Å². The van der Waals surface area contributed by atoms with Crippen LogP contribution in [0, 0.1) is 6.92 Å². The Bertz CT molecular complexity index is 1480. The molecule has 6 heteroatoms. The van der Waals surface area contributed by atoms with Gasteiger partial charge in [-0.15, -0.1) is 11.3 Å². The van der Waals surface area contributed by atoms with Crippen molar-refractivity contribution in [2.45, 2.75) is 51.6 Å². The number of rotatable bonds is 12. The van der Waals surface area contributed by atoms with Gasteiger partial charge >= 0.3 is 0 Å². The zero-order chi connectivity index (χ0) is 28.9. The van der Waals surface area contributed by atoms with Gasteiger partial charge in [-0.3, -0.25) is 9.80 Å².